The number of rotatable bonds is 6. The summed E-state index contributed by atoms with van der Waals surface area (Å²) in [6.07, 6.45) is 0.526. The van der Waals surface area contributed by atoms with Gasteiger partial charge in [-0.15, -0.1) is 0 Å². The van der Waals surface area contributed by atoms with Gasteiger partial charge in [0.05, 0.1) is 0 Å². The fraction of sp³-hybridized carbons (Fsp3) is 0.188. The number of nitrogens with one attached hydrogen (secondary N) is 1. The molecule has 0 atom stereocenters. The van der Waals surface area contributed by atoms with Gasteiger partial charge in [0.2, 0.25) is 0 Å². The van der Waals surface area contributed by atoms with Gasteiger partial charge in [0.1, 0.15) is 17.3 Å². The molecule has 0 saturated carbocycles. The van der Waals surface area contributed by atoms with E-state index in [1.165, 1.54) is 18.2 Å². The Kier molecular flexibility index (Phi) is 5.15. The standard InChI is InChI=1S/C16H16FNO3/c17-13-5-3-6-14(10-13)21-11-16(20)18-9-8-12-4-1-2-7-15(12)19/h1-7,10,19H,8-9,11H2,(H,18,20). The second-order valence-electron chi connectivity index (χ2n) is 4.47. The van der Waals surface area contributed by atoms with Gasteiger partial charge in [0, 0.05) is 12.6 Å². The van der Waals surface area contributed by atoms with Crippen molar-refractivity contribution in [3.05, 3.63) is 59.9 Å². The monoisotopic (exact) mass is 289 g/mol. The summed E-state index contributed by atoms with van der Waals surface area (Å²) in [7, 11) is 0. The molecule has 4 nitrogen and oxygen atoms in total. The van der Waals surface area contributed by atoms with Crippen LogP contribution in [-0.4, -0.2) is 24.2 Å². The van der Waals surface area contributed by atoms with Gasteiger partial charge in [-0.3, -0.25) is 4.79 Å². The molecule has 0 saturated heterocycles. The van der Waals surface area contributed by atoms with E-state index >= 15 is 0 Å². The number of amides is 1. The number of benzene rings is 2. The third-order valence-electron chi connectivity index (χ3n) is 2.87. The van der Waals surface area contributed by atoms with Crippen LogP contribution in [0.3, 0.4) is 0 Å². The number of hydrogen-bond donors (Lipinski definition) is 2. The average Bonchev–Trinajstić information content (AvgIpc) is 2.47. The normalized spacial score (nSPS) is 10.1. The van der Waals surface area contributed by atoms with Gasteiger partial charge < -0.3 is 15.2 Å². The number of para-hydroxylation sites is 1. The molecule has 2 aromatic rings. The van der Waals surface area contributed by atoms with Crippen LogP contribution in [0, 0.1) is 5.82 Å². The van der Waals surface area contributed by atoms with Gasteiger partial charge in [-0.05, 0) is 30.2 Å². The number of carbonyl (C=O) groups is 1. The number of hydrogen-bond acceptors (Lipinski definition) is 3. The van der Waals surface area contributed by atoms with Crippen molar-refractivity contribution in [2.24, 2.45) is 0 Å². The van der Waals surface area contributed by atoms with Gasteiger partial charge >= 0.3 is 0 Å². The first kappa shape index (κ1) is 14.8. The zero-order valence-corrected chi connectivity index (χ0v) is 11.4. The van der Waals surface area contributed by atoms with Crippen molar-refractivity contribution >= 4 is 5.91 Å². The molecule has 5 heteroatoms. The highest BCUT2D eigenvalue weighted by atomic mass is 19.1. The van der Waals surface area contributed by atoms with Crippen LogP contribution in [0.5, 0.6) is 11.5 Å². The molecule has 0 aromatic heterocycles. The SMILES string of the molecule is O=C(COc1cccc(F)c1)NCCc1ccccc1O. The molecule has 0 spiro atoms. The summed E-state index contributed by atoms with van der Waals surface area (Å²) in [6.45, 7) is 0.215. The summed E-state index contributed by atoms with van der Waals surface area (Å²) < 4.78 is 18.1. The Hall–Kier alpha value is -2.56. The zero-order valence-electron chi connectivity index (χ0n) is 11.4. The van der Waals surface area contributed by atoms with E-state index in [0.29, 0.717) is 18.7 Å². The fourth-order valence-electron chi connectivity index (χ4n) is 1.82. The molecule has 0 bridgehead atoms. The number of carbonyl (C=O) groups excluding carboxylic acids is 1. The average molecular weight is 289 g/mol. The van der Waals surface area contributed by atoms with E-state index in [1.807, 2.05) is 6.07 Å². The number of phenols is 1. The van der Waals surface area contributed by atoms with Crippen molar-refractivity contribution in [2.45, 2.75) is 6.42 Å². The van der Waals surface area contributed by atoms with Gasteiger partial charge in [-0.25, -0.2) is 4.39 Å². The lowest BCUT2D eigenvalue weighted by Gasteiger charge is -2.08. The van der Waals surface area contributed by atoms with Crippen LogP contribution in [0.25, 0.3) is 0 Å². The third-order valence-corrected chi connectivity index (χ3v) is 2.87. The first-order valence-electron chi connectivity index (χ1n) is 6.57. The van der Waals surface area contributed by atoms with Gasteiger partial charge in [-0.1, -0.05) is 24.3 Å². The first-order chi connectivity index (χ1) is 10.1. The van der Waals surface area contributed by atoms with Crippen molar-refractivity contribution in [2.75, 3.05) is 13.2 Å². The molecule has 2 rings (SSSR count). The van der Waals surface area contributed by atoms with Gasteiger partial charge in [0.15, 0.2) is 6.61 Å². The van der Waals surface area contributed by atoms with Crippen molar-refractivity contribution in [1.82, 2.24) is 5.32 Å². The summed E-state index contributed by atoms with van der Waals surface area (Å²) in [4.78, 5) is 11.6. The number of ether oxygens (including phenoxy) is 1. The molecule has 1 amide bonds. The van der Waals surface area contributed by atoms with Crippen molar-refractivity contribution in [1.29, 1.82) is 0 Å². The quantitative estimate of drug-likeness (QED) is 0.857. The summed E-state index contributed by atoms with van der Waals surface area (Å²) in [5.41, 5.74) is 0.767. The fourth-order valence-corrected chi connectivity index (χ4v) is 1.82. The van der Waals surface area contributed by atoms with E-state index in [0.717, 1.165) is 5.56 Å². The van der Waals surface area contributed by atoms with Crippen molar-refractivity contribution < 1.29 is 19.0 Å². The van der Waals surface area contributed by atoms with E-state index in [-0.39, 0.29) is 18.3 Å². The Morgan fingerprint density at radius 3 is 2.76 bits per heavy atom. The third kappa shape index (κ3) is 4.80. The minimum absolute atomic E-state index is 0.176. The minimum atomic E-state index is -0.410. The minimum Gasteiger partial charge on any atom is -0.508 e. The van der Waals surface area contributed by atoms with Gasteiger partial charge in [-0.2, -0.15) is 0 Å². The van der Waals surface area contributed by atoms with Crippen molar-refractivity contribution in [3.8, 4) is 11.5 Å². The maximum absolute atomic E-state index is 12.9. The Balaban J connectivity index is 1.72. The van der Waals surface area contributed by atoms with E-state index in [1.54, 1.807) is 24.3 Å². The molecule has 110 valence electrons. The van der Waals surface area contributed by atoms with Crippen molar-refractivity contribution in [3.63, 3.8) is 0 Å². The van der Waals surface area contributed by atoms with Crippen LogP contribution in [0.2, 0.25) is 0 Å². The first-order valence-corrected chi connectivity index (χ1v) is 6.57. The Morgan fingerprint density at radius 2 is 2.00 bits per heavy atom. The molecule has 0 fully saturated rings. The summed E-state index contributed by atoms with van der Waals surface area (Å²) >= 11 is 0. The largest absolute Gasteiger partial charge is 0.508 e. The van der Waals surface area contributed by atoms with E-state index < -0.39 is 5.82 Å². The smallest absolute Gasteiger partial charge is 0.257 e. The van der Waals surface area contributed by atoms with Gasteiger partial charge in [0.25, 0.3) is 5.91 Å². The molecule has 2 N–H and O–H groups in total. The number of phenolic OH excluding ortho intramolecular Hbond substituents is 1. The zero-order chi connectivity index (χ0) is 15.1. The van der Waals surface area contributed by atoms with Crippen LogP contribution < -0.4 is 10.1 Å². The van der Waals surface area contributed by atoms with Crippen LogP contribution in [-0.2, 0) is 11.2 Å². The number of halogens is 1. The topological polar surface area (TPSA) is 58.6 Å². The van der Waals surface area contributed by atoms with E-state index in [4.69, 9.17) is 4.74 Å². The molecular formula is C16H16FNO3. The Morgan fingerprint density at radius 1 is 1.19 bits per heavy atom. The maximum Gasteiger partial charge on any atom is 0.257 e. The Bertz CT molecular complexity index is 616. The predicted molar refractivity (Wildman–Crippen MR) is 76.7 cm³/mol. The molecule has 0 aliphatic rings. The van der Waals surface area contributed by atoms with Crippen LogP contribution in [0.1, 0.15) is 5.56 Å². The van der Waals surface area contributed by atoms with Crippen LogP contribution >= 0.6 is 0 Å². The number of aromatic hydroxyl groups is 1. The summed E-state index contributed by atoms with van der Waals surface area (Å²) in [5, 5.41) is 12.3. The second kappa shape index (κ2) is 7.28. The summed E-state index contributed by atoms with van der Waals surface area (Å²) in [6, 6.07) is 12.6. The molecule has 0 aliphatic carbocycles. The lowest BCUT2D eigenvalue weighted by molar-refractivity contribution is -0.123. The molecule has 0 aliphatic heterocycles. The highest BCUT2D eigenvalue weighted by Gasteiger charge is 2.04. The maximum atomic E-state index is 12.9. The molecule has 21 heavy (non-hydrogen) atoms. The summed E-state index contributed by atoms with van der Waals surface area (Å²) in [5.74, 6) is -0.184. The molecule has 0 heterocycles. The molecular weight excluding hydrogens is 273 g/mol. The predicted octanol–water partition coefficient (Wildman–Crippen LogP) is 2.27. The highest BCUT2D eigenvalue weighted by molar-refractivity contribution is 5.77. The Labute approximate surface area is 122 Å². The van der Waals surface area contributed by atoms with Crippen LogP contribution in [0.4, 0.5) is 4.39 Å². The molecule has 0 unspecified atom stereocenters. The molecule has 2 aromatic carbocycles. The van der Waals surface area contributed by atoms with E-state index in [9.17, 15) is 14.3 Å². The van der Waals surface area contributed by atoms with Crippen LogP contribution in [0.15, 0.2) is 48.5 Å². The van der Waals surface area contributed by atoms with E-state index in [2.05, 4.69) is 5.32 Å². The lowest BCUT2D eigenvalue weighted by atomic mass is 10.1. The lowest BCUT2D eigenvalue weighted by Crippen LogP contribution is -2.30. The second-order valence-corrected chi connectivity index (χ2v) is 4.47. The highest BCUT2D eigenvalue weighted by Crippen LogP contribution is 2.15. The molecule has 0 radical (unpaired) electrons.